The number of carboxylic acid groups (broad SMARTS) is 1. The zero-order chi connectivity index (χ0) is 19.8. The van der Waals surface area contributed by atoms with E-state index < -0.39 is 11.9 Å². The molecular weight excluding hydrogens is 370 g/mol. The van der Waals surface area contributed by atoms with Crippen molar-refractivity contribution in [2.75, 3.05) is 19.0 Å². The van der Waals surface area contributed by atoms with Gasteiger partial charge in [-0.3, -0.25) is 4.79 Å². The van der Waals surface area contributed by atoms with Crippen LogP contribution in [0.25, 0.3) is 6.08 Å². The monoisotopic (exact) mass is 389 g/mol. The molecule has 0 aliphatic heterocycles. The lowest BCUT2D eigenvalue weighted by Crippen LogP contribution is -2.09. The Morgan fingerprint density at radius 2 is 1.93 bits per heavy atom. The van der Waals surface area contributed by atoms with Gasteiger partial charge in [0.15, 0.2) is 0 Å². The van der Waals surface area contributed by atoms with Crippen LogP contribution in [0.4, 0.5) is 5.69 Å². The Morgan fingerprint density at radius 3 is 2.52 bits per heavy atom. The summed E-state index contributed by atoms with van der Waals surface area (Å²) in [6.45, 7) is 2.69. The zero-order valence-electron chi connectivity index (χ0n) is 15.0. The van der Waals surface area contributed by atoms with Gasteiger partial charge in [0.1, 0.15) is 17.1 Å². The van der Waals surface area contributed by atoms with Gasteiger partial charge in [0.2, 0.25) is 5.91 Å². The number of hydrogen-bond acceptors (Lipinski definition) is 4. The first-order chi connectivity index (χ1) is 12.9. The molecule has 6 nitrogen and oxygen atoms in total. The SMILES string of the molecule is CCCOc1ccc(/C=C/C(=O)Nc2cc(OC)c(C(=O)O)cc2Cl)cc1. The molecule has 0 saturated heterocycles. The molecule has 0 aliphatic rings. The van der Waals surface area contributed by atoms with E-state index in [0.29, 0.717) is 6.61 Å². The van der Waals surface area contributed by atoms with Crippen molar-refractivity contribution in [3.63, 3.8) is 0 Å². The van der Waals surface area contributed by atoms with Crippen molar-refractivity contribution in [1.82, 2.24) is 0 Å². The largest absolute Gasteiger partial charge is 0.496 e. The van der Waals surface area contributed by atoms with Crippen molar-refractivity contribution >= 4 is 35.2 Å². The number of nitrogens with one attached hydrogen (secondary N) is 1. The predicted octanol–water partition coefficient (Wildman–Crippen LogP) is 4.49. The molecule has 1 amide bonds. The van der Waals surface area contributed by atoms with E-state index in [0.717, 1.165) is 17.7 Å². The topological polar surface area (TPSA) is 84.9 Å². The lowest BCUT2D eigenvalue weighted by atomic mass is 10.1. The molecule has 0 aromatic heterocycles. The average Bonchev–Trinajstić information content (AvgIpc) is 2.66. The number of carboxylic acids is 1. The summed E-state index contributed by atoms with van der Waals surface area (Å²) in [7, 11) is 1.34. The minimum Gasteiger partial charge on any atom is -0.496 e. The Labute approximate surface area is 162 Å². The van der Waals surface area contributed by atoms with Gasteiger partial charge in [0.25, 0.3) is 0 Å². The van der Waals surface area contributed by atoms with Crippen molar-refractivity contribution in [3.05, 3.63) is 58.6 Å². The quantitative estimate of drug-likeness (QED) is 0.650. The summed E-state index contributed by atoms with van der Waals surface area (Å²) in [5.74, 6) is -0.698. The Balaban J connectivity index is 2.06. The number of rotatable bonds is 8. The Kier molecular flexibility index (Phi) is 7.25. The van der Waals surface area contributed by atoms with E-state index in [4.69, 9.17) is 26.2 Å². The molecule has 0 fully saturated rings. The van der Waals surface area contributed by atoms with Gasteiger partial charge in [-0.2, -0.15) is 0 Å². The van der Waals surface area contributed by atoms with Gasteiger partial charge < -0.3 is 19.9 Å². The predicted molar refractivity (Wildman–Crippen MR) is 105 cm³/mol. The van der Waals surface area contributed by atoms with Crippen LogP contribution in [0.2, 0.25) is 5.02 Å². The molecule has 0 spiro atoms. The van der Waals surface area contributed by atoms with E-state index >= 15 is 0 Å². The molecule has 2 aromatic rings. The molecule has 0 radical (unpaired) electrons. The third-order valence-electron chi connectivity index (χ3n) is 3.56. The van der Waals surface area contributed by atoms with Gasteiger partial charge in [0.05, 0.1) is 24.4 Å². The molecule has 7 heteroatoms. The molecule has 2 aromatic carbocycles. The molecule has 142 valence electrons. The second-order valence-corrected chi connectivity index (χ2v) is 5.98. The van der Waals surface area contributed by atoms with Crippen LogP contribution < -0.4 is 14.8 Å². The number of halogens is 1. The van der Waals surface area contributed by atoms with Gasteiger partial charge in [-0.15, -0.1) is 0 Å². The number of methoxy groups -OCH3 is 1. The third kappa shape index (κ3) is 5.76. The summed E-state index contributed by atoms with van der Waals surface area (Å²) < 4.78 is 10.5. The maximum absolute atomic E-state index is 12.1. The average molecular weight is 390 g/mol. The van der Waals surface area contributed by atoms with E-state index in [9.17, 15) is 9.59 Å². The van der Waals surface area contributed by atoms with E-state index in [1.165, 1.54) is 25.3 Å². The fourth-order valence-electron chi connectivity index (χ4n) is 2.23. The summed E-state index contributed by atoms with van der Waals surface area (Å²) in [6.07, 6.45) is 3.94. The lowest BCUT2D eigenvalue weighted by Gasteiger charge is -2.10. The fraction of sp³-hybridized carbons (Fsp3) is 0.200. The summed E-state index contributed by atoms with van der Waals surface area (Å²) in [4.78, 5) is 23.3. The summed E-state index contributed by atoms with van der Waals surface area (Å²) in [5.41, 5.74) is 1.01. The van der Waals surface area contributed by atoms with Crippen LogP contribution in [0.5, 0.6) is 11.5 Å². The highest BCUT2D eigenvalue weighted by atomic mass is 35.5. The number of carbonyl (C=O) groups excluding carboxylic acids is 1. The van der Waals surface area contributed by atoms with Crippen LogP contribution in [0, 0.1) is 0 Å². The number of carbonyl (C=O) groups is 2. The molecule has 0 bridgehead atoms. The number of hydrogen-bond donors (Lipinski definition) is 2. The second kappa shape index (κ2) is 9.64. The Hall–Kier alpha value is -2.99. The van der Waals surface area contributed by atoms with E-state index in [-0.39, 0.29) is 22.0 Å². The lowest BCUT2D eigenvalue weighted by molar-refractivity contribution is -0.111. The smallest absolute Gasteiger partial charge is 0.339 e. The summed E-state index contributed by atoms with van der Waals surface area (Å²) in [6, 6.07) is 9.95. The molecule has 0 atom stereocenters. The second-order valence-electron chi connectivity index (χ2n) is 5.58. The molecule has 27 heavy (non-hydrogen) atoms. The normalized spacial score (nSPS) is 10.6. The van der Waals surface area contributed by atoms with Gasteiger partial charge >= 0.3 is 5.97 Å². The minimum absolute atomic E-state index is 0.0820. The third-order valence-corrected chi connectivity index (χ3v) is 3.87. The van der Waals surface area contributed by atoms with Crippen LogP contribution >= 0.6 is 11.6 Å². The number of aromatic carboxylic acids is 1. The highest BCUT2D eigenvalue weighted by molar-refractivity contribution is 6.34. The van der Waals surface area contributed by atoms with E-state index in [1.54, 1.807) is 6.08 Å². The van der Waals surface area contributed by atoms with Crippen molar-refractivity contribution in [3.8, 4) is 11.5 Å². The number of benzene rings is 2. The van der Waals surface area contributed by atoms with Crippen LogP contribution in [0.1, 0.15) is 29.3 Å². The number of amides is 1. The zero-order valence-corrected chi connectivity index (χ0v) is 15.7. The van der Waals surface area contributed by atoms with Crippen molar-refractivity contribution in [1.29, 1.82) is 0 Å². The summed E-state index contributed by atoms with van der Waals surface area (Å²) in [5, 5.41) is 11.8. The highest BCUT2D eigenvalue weighted by Gasteiger charge is 2.15. The van der Waals surface area contributed by atoms with Gasteiger partial charge in [-0.05, 0) is 36.3 Å². The highest BCUT2D eigenvalue weighted by Crippen LogP contribution is 2.31. The van der Waals surface area contributed by atoms with E-state index in [2.05, 4.69) is 5.32 Å². The van der Waals surface area contributed by atoms with Gasteiger partial charge in [-0.25, -0.2) is 4.79 Å². The molecule has 2 N–H and O–H groups in total. The molecule has 0 unspecified atom stereocenters. The van der Waals surface area contributed by atoms with E-state index in [1.807, 2.05) is 31.2 Å². The van der Waals surface area contributed by atoms with Crippen molar-refractivity contribution in [2.45, 2.75) is 13.3 Å². The molecule has 0 heterocycles. The Morgan fingerprint density at radius 1 is 1.22 bits per heavy atom. The molecular formula is C20H20ClNO5. The first-order valence-corrected chi connectivity index (χ1v) is 8.65. The van der Waals surface area contributed by atoms with Crippen molar-refractivity contribution in [2.24, 2.45) is 0 Å². The van der Waals surface area contributed by atoms with Gasteiger partial charge in [-0.1, -0.05) is 30.7 Å². The van der Waals surface area contributed by atoms with Crippen LogP contribution in [-0.4, -0.2) is 30.7 Å². The molecule has 2 rings (SSSR count). The standard InChI is InChI=1S/C20H20ClNO5/c1-3-10-27-14-7-4-13(5-8-14)6-9-19(23)22-17-12-18(26-2)15(20(24)25)11-16(17)21/h4-9,11-12H,3,10H2,1-2H3,(H,22,23)(H,24,25)/b9-6+. The van der Waals surface area contributed by atoms with Crippen LogP contribution in [-0.2, 0) is 4.79 Å². The van der Waals surface area contributed by atoms with Crippen molar-refractivity contribution < 1.29 is 24.2 Å². The van der Waals surface area contributed by atoms with Crippen LogP contribution in [0.15, 0.2) is 42.5 Å². The first kappa shape index (κ1) is 20.3. The van der Waals surface area contributed by atoms with Crippen LogP contribution in [0.3, 0.4) is 0 Å². The summed E-state index contributed by atoms with van der Waals surface area (Å²) >= 11 is 6.05. The number of ether oxygens (including phenoxy) is 2. The maximum atomic E-state index is 12.1. The van der Waals surface area contributed by atoms with Gasteiger partial charge in [0, 0.05) is 12.1 Å². The fourth-order valence-corrected chi connectivity index (χ4v) is 2.44. The molecule has 0 aliphatic carbocycles. The maximum Gasteiger partial charge on any atom is 0.339 e. The Bertz CT molecular complexity index is 846. The minimum atomic E-state index is -1.17. The number of anilines is 1. The molecule has 0 saturated carbocycles. The first-order valence-electron chi connectivity index (χ1n) is 8.27.